The van der Waals surface area contributed by atoms with Gasteiger partial charge in [0.15, 0.2) is 0 Å². The Labute approximate surface area is 143 Å². The van der Waals surface area contributed by atoms with Gasteiger partial charge in [0, 0.05) is 45.2 Å². The van der Waals surface area contributed by atoms with Gasteiger partial charge >= 0.3 is 18.2 Å². The lowest BCUT2D eigenvalue weighted by molar-refractivity contribution is -0.187. The molecule has 0 aromatic carbocycles. The lowest BCUT2D eigenvalue weighted by Gasteiger charge is -2.34. The number of carbonyl (C=O) groups is 3. The number of rotatable bonds is 1. The molecule has 0 aliphatic carbocycles. The highest BCUT2D eigenvalue weighted by Crippen LogP contribution is 2.25. The van der Waals surface area contributed by atoms with Crippen molar-refractivity contribution in [2.75, 3.05) is 46.4 Å². The molecule has 2 aliphatic heterocycles. The van der Waals surface area contributed by atoms with E-state index in [2.05, 4.69) is 4.74 Å². The van der Waals surface area contributed by atoms with Gasteiger partial charge in [-0.15, -0.1) is 0 Å². The topological polar surface area (TPSA) is 70.2 Å². The number of hydrogen-bond acceptors (Lipinski definition) is 4. The first-order valence-corrected chi connectivity index (χ1v) is 8.22. The maximum atomic E-state index is 12.6. The van der Waals surface area contributed by atoms with Crippen molar-refractivity contribution in [3.8, 4) is 0 Å². The van der Waals surface area contributed by atoms with Crippen LogP contribution in [-0.2, 0) is 14.3 Å². The summed E-state index contributed by atoms with van der Waals surface area (Å²) in [7, 11) is 1.30. The summed E-state index contributed by atoms with van der Waals surface area (Å²) in [6.45, 7) is 1.58. The molecule has 0 N–H and O–H groups in total. The van der Waals surface area contributed by atoms with Gasteiger partial charge in [0.2, 0.25) is 5.91 Å². The molecular weight excluding hydrogens is 343 g/mol. The van der Waals surface area contributed by atoms with Crippen molar-refractivity contribution in [1.29, 1.82) is 0 Å². The molecule has 0 unspecified atom stereocenters. The third kappa shape index (κ3) is 4.76. The highest BCUT2D eigenvalue weighted by atomic mass is 19.4. The standard InChI is InChI=1S/C15H22F3N3O4/c1-25-14(24)21-6-2-5-19(9-10-21)12(22)11-3-7-20(8-4-11)13(23)15(16,17)18/h11H,2-10H2,1H3. The maximum Gasteiger partial charge on any atom is 0.471 e. The van der Waals surface area contributed by atoms with Gasteiger partial charge in [-0.25, -0.2) is 4.79 Å². The van der Waals surface area contributed by atoms with Crippen LogP contribution in [-0.4, -0.2) is 85.2 Å². The molecule has 0 saturated carbocycles. The van der Waals surface area contributed by atoms with Gasteiger partial charge in [-0.1, -0.05) is 0 Å². The molecule has 0 aromatic rings. The number of hydrogen-bond donors (Lipinski definition) is 0. The largest absolute Gasteiger partial charge is 0.471 e. The third-order valence-corrected chi connectivity index (χ3v) is 4.61. The summed E-state index contributed by atoms with van der Waals surface area (Å²) in [5.41, 5.74) is 0. The van der Waals surface area contributed by atoms with Crippen molar-refractivity contribution in [3.05, 3.63) is 0 Å². The molecule has 0 radical (unpaired) electrons. The lowest BCUT2D eigenvalue weighted by Crippen LogP contribution is -2.48. The Morgan fingerprint density at radius 3 is 2.00 bits per heavy atom. The monoisotopic (exact) mass is 365 g/mol. The Kier molecular flexibility index (Phi) is 6.12. The van der Waals surface area contributed by atoms with Gasteiger partial charge in [0.25, 0.3) is 0 Å². The van der Waals surface area contributed by atoms with Crippen molar-refractivity contribution in [2.24, 2.45) is 5.92 Å². The minimum absolute atomic E-state index is 0.0725. The van der Waals surface area contributed by atoms with E-state index in [0.29, 0.717) is 32.6 Å². The summed E-state index contributed by atoms with van der Waals surface area (Å²) in [5.74, 6) is -2.35. The first-order valence-electron chi connectivity index (χ1n) is 8.22. The SMILES string of the molecule is COC(=O)N1CCCN(C(=O)C2CCN(C(=O)C(F)(F)F)CC2)CC1. The lowest BCUT2D eigenvalue weighted by atomic mass is 9.95. The van der Waals surface area contributed by atoms with E-state index in [-0.39, 0.29) is 37.8 Å². The van der Waals surface area contributed by atoms with Crippen LogP contribution in [0.4, 0.5) is 18.0 Å². The van der Waals surface area contributed by atoms with E-state index in [1.54, 1.807) is 4.90 Å². The summed E-state index contributed by atoms with van der Waals surface area (Å²) in [4.78, 5) is 39.3. The minimum Gasteiger partial charge on any atom is -0.453 e. The Morgan fingerprint density at radius 1 is 0.880 bits per heavy atom. The van der Waals surface area contributed by atoms with E-state index >= 15 is 0 Å². The molecule has 25 heavy (non-hydrogen) atoms. The number of likely N-dealkylation sites (tertiary alicyclic amines) is 1. The van der Waals surface area contributed by atoms with Crippen LogP contribution >= 0.6 is 0 Å². The van der Waals surface area contributed by atoms with Crippen molar-refractivity contribution >= 4 is 17.9 Å². The van der Waals surface area contributed by atoms with Crippen LogP contribution in [0.2, 0.25) is 0 Å². The first kappa shape index (κ1) is 19.3. The van der Waals surface area contributed by atoms with Crippen LogP contribution in [0.1, 0.15) is 19.3 Å². The van der Waals surface area contributed by atoms with Crippen LogP contribution in [0.15, 0.2) is 0 Å². The average Bonchev–Trinajstić information content (AvgIpc) is 2.85. The van der Waals surface area contributed by atoms with E-state index in [1.165, 1.54) is 12.0 Å². The Morgan fingerprint density at radius 2 is 1.44 bits per heavy atom. The predicted octanol–water partition coefficient (Wildman–Crippen LogP) is 1.09. The molecule has 0 bridgehead atoms. The number of halogens is 3. The third-order valence-electron chi connectivity index (χ3n) is 4.61. The van der Waals surface area contributed by atoms with Gasteiger partial charge in [0.05, 0.1) is 7.11 Å². The van der Waals surface area contributed by atoms with Crippen LogP contribution in [0, 0.1) is 5.92 Å². The second-order valence-electron chi connectivity index (χ2n) is 6.20. The highest BCUT2D eigenvalue weighted by Gasteiger charge is 2.44. The fourth-order valence-corrected chi connectivity index (χ4v) is 3.22. The van der Waals surface area contributed by atoms with Gasteiger partial charge in [0.1, 0.15) is 0 Å². The summed E-state index contributed by atoms with van der Waals surface area (Å²) >= 11 is 0. The number of ether oxygens (including phenoxy) is 1. The molecule has 2 rings (SSSR count). The first-order chi connectivity index (χ1) is 11.7. The molecule has 0 atom stereocenters. The molecule has 0 spiro atoms. The number of alkyl halides is 3. The molecule has 7 nitrogen and oxygen atoms in total. The normalized spacial score (nSPS) is 20.2. The second kappa shape index (κ2) is 7.92. The van der Waals surface area contributed by atoms with Crippen molar-refractivity contribution in [2.45, 2.75) is 25.4 Å². The molecule has 10 heteroatoms. The second-order valence-corrected chi connectivity index (χ2v) is 6.20. The number of piperidine rings is 1. The highest BCUT2D eigenvalue weighted by molar-refractivity contribution is 5.83. The number of nitrogens with zero attached hydrogens (tertiary/aromatic N) is 3. The molecule has 2 aliphatic rings. The summed E-state index contributed by atoms with van der Waals surface area (Å²) in [5, 5.41) is 0. The summed E-state index contributed by atoms with van der Waals surface area (Å²) < 4.78 is 42.0. The predicted molar refractivity (Wildman–Crippen MR) is 80.5 cm³/mol. The average molecular weight is 365 g/mol. The van der Waals surface area contributed by atoms with E-state index in [0.717, 1.165) is 4.90 Å². The van der Waals surface area contributed by atoms with Crippen molar-refractivity contribution < 1.29 is 32.3 Å². The van der Waals surface area contributed by atoms with Crippen molar-refractivity contribution in [3.63, 3.8) is 0 Å². The fourth-order valence-electron chi connectivity index (χ4n) is 3.22. The van der Waals surface area contributed by atoms with Crippen molar-refractivity contribution in [1.82, 2.24) is 14.7 Å². The molecule has 2 saturated heterocycles. The van der Waals surface area contributed by atoms with Gasteiger partial charge in [-0.3, -0.25) is 9.59 Å². The van der Waals surface area contributed by atoms with Crippen LogP contribution < -0.4 is 0 Å². The summed E-state index contributed by atoms with van der Waals surface area (Å²) in [6.07, 6.45) is -4.26. The molecule has 3 amide bonds. The number of amides is 3. The van der Waals surface area contributed by atoms with Gasteiger partial charge in [-0.05, 0) is 19.3 Å². The molecular formula is C15H22F3N3O4. The Bertz CT molecular complexity index is 519. The Balaban J connectivity index is 1.86. The molecule has 142 valence electrons. The quantitative estimate of drug-likeness (QED) is 0.698. The van der Waals surface area contributed by atoms with E-state index in [4.69, 9.17) is 0 Å². The fraction of sp³-hybridized carbons (Fsp3) is 0.800. The minimum atomic E-state index is -4.88. The van der Waals surface area contributed by atoms with E-state index in [1.807, 2.05) is 0 Å². The zero-order valence-corrected chi connectivity index (χ0v) is 14.0. The number of carbonyl (C=O) groups excluding carboxylic acids is 3. The summed E-state index contributed by atoms with van der Waals surface area (Å²) in [6, 6.07) is 0. The molecule has 2 fully saturated rings. The zero-order valence-electron chi connectivity index (χ0n) is 14.0. The van der Waals surface area contributed by atoms with E-state index in [9.17, 15) is 27.6 Å². The van der Waals surface area contributed by atoms with Crippen LogP contribution in [0.5, 0.6) is 0 Å². The smallest absolute Gasteiger partial charge is 0.453 e. The van der Waals surface area contributed by atoms with Crippen LogP contribution in [0.3, 0.4) is 0 Å². The van der Waals surface area contributed by atoms with Gasteiger partial charge in [-0.2, -0.15) is 13.2 Å². The molecule has 2 heterocycles. The van der Waals surface area contributed by atoms with Gasteiger partial charge < -0.3 is 19.4 Å². The Hall–Kier alpha value is -2.00. The van der Waals surface area contributed by atoms with Crippen LogP contribution in [0.25, 0.3) is 0 Å². The number of methoxy groups -OCH3 is 1. The maximum absolute atomic E-state index is 12.6. The molecule has 0 aromatic heterocycles. The zero-order chi connectivity index (χ0) is 18.6. The van der Waals surface area contributed by atoms with E-state index < -0.39 is 18.2 Å².